The highest BCUT2D eigenvalue weighted by atomic mass is 16.5. The number of hydrogen-bond donors (Lipinski definition) is 2. The zero-order valence-electron chi connectivity index (χ0n) is 19.7. The molecule has 0 saturated carbocycles. The van der Waals surface area contributed by atoms with Gasteiger partial charge in [-0.05, 0) is 72.1 Å². The minimum Gasteiger partial charge on any atom is -0.465 e. The van der Waals surface area contributed by atoms with E-state index in [4.69, 9.17) is 19.8 Å². The zero-order chi connectivity index (χ0) is 26.3. The van der Waals surface area contributed by atoms with Crippen LogP contribution >= 0.6 is 0 Å². The molecule has 4 rings (SSSR count). The van der Waals surface area contributed by atoms with E-state index in [9.17, 15) is 4.79 Å². The van der Waals surface area contributed by atoms with Crippen LogP contribution in [0.3, 0.4) is 0 Å². The van der Waals surface area contributed by atoms with Crippen LogP contribution in [0.1, 0.15) is 27.0 Å². The van der Waals surface area contributed by atoms with E-state index in [2.05, 4.69) is 24.7 Å². The van der Waals surface area contributed by atoms with Gasteiger partial charge in [0.25, 0.3) is 0 Å². The van der Waals surface area contributed by atoms with E-state index in [0.717, 1.165) is 22.4 Å². The van der Waals surface area contributed by atoms with Crippen molar-refractivity contribution in [1.82, 2.24) is 19.9 Å². The first kappa shape index (κ1) is 27.6. The van der Waals surface area contributed by atoms with E-state index in [1.165, 1.54) is 7.11 Å². The Balaban J connectivity index is 0.000000229. The minimum atomic E-state index is -0.374. The van der Waals surface area contributed by atoms with Crippen molar-refractivity contribution in [3.05, 3.63) is 95.6 Å². The van der Waals surface area contributed by atoms with E-state index in [1.54, 1.807) is 61.2 Å². The Morgan fingerprint density at radius 3 is 1.61 bits per heavy atom. The minimum absolute atomic E-state index is 0.0186. The summed E-state index contributed by atoms with van der Waals surface area (Å²) in [7, 11) is 1.35. The third-order valence-electron chi connectivity index (χ3n) is 4.64. The highest BCUT2D eigenvalue weighted by Gasteiger charge is 2.08. The lowest BCUT2D eigenvalue weighted by Crippen LogP contribution is -2.02. The second-order valence-corrected chi connectivity index (χ2v) is 7.14. The molecule has 0 spiro atoms. The lowest BCUT2D eigenvalue weighted by atomic mass is 10.1. The quantitative estimate of drug-likeness (QED) is 0.401. The first-order valence-corrected chi connectivity index (χ1v) is 10.5. The fourth-order valence-electron chi connectivity index (χ4n) is 2.92. The molecule has 10 nitrogen and oxygen atoms in total. The summed E-state index contributed by atoms with van der Waals surface area (Å²) in [5.74, 6) is -0.374. The van der Waals surface area contributed by atoms with Crippen LogP contribution in [0, 0.1) is 6.92 Å². The van der Waals surface area contributed by atoms with Gasteiger partial charge in [-0.3, -0.25) is 19.9 Å². The summed E-state index contributed by atoms with van der Waals surface area (Å²) in [4.78, 5) is 44.4. The van der Waals surface area contributed by atoms with Crippen LogP contribution in [0.2, 0.25) is 0 Å². The van der Waals surface area contributed by atoms with Crippen molar-refractivity contribution in [2.75, 3.05) is 7.11 Å². The van der Waals surface area contributed by atoms with Crippen LogP contribution in [-0.2, 0) is 27.5 Å². The van der Waals surface area contributed by atoms with Gasteiger partial charge in [-0.25, -0.2) is 4.79 Å². The normalized spacial score (nSPS) is 9.56. The Labute approximate surface area is 207 Å². The molecule has 4 aromatic heterocycles. The van der Waals surface area contributed by atoms with Crippen molar-refractivity contribution in [2.45, 2.75) is 20.1 Å². The number of pyridine rings is 4. The number of esters is 1. The predicted molar refractivity (Wildman–Crippen MR) is 128 cm³/mol. The molecular formula is C26H24N4O6. The van der Waals surface area contributed by atoms with E-state index in [-0.39, 0.29) is 25.3 Å². The maximum Gasteiger partial charge on any atom is 0.373 e. The van der Waals surface area contributed by atoms with Gasteiger partial charge in [0.1, 0.15) is 0 Å². The Hall–Kier alpha value is -4.63. The third-order valence-corrected chi connectivity index (χ3v) is 4.64. The Bertz CT molecular complexity index is 1280. The number of nitrogens with zero attached hydrogens (tertiary/aromatic N) is 4. The fourth-order valence-corrected chi connectivity index (χ4v) is 2.92. The number of carbonyl (C=O) groups is 1. The molecule has 0 saturated heterocycles. The second-order valence-electron chi connectivity index (χ2n) is 7.14. The van der Waals surface area contributed by atoms with Crippen molar-refractivity contribution >= 4 is 12.1 Å². The number of ether oxygens (including phenoxy) is 1. The fraction of sp³-hybridized carbons (Fsp3) is 0.154. The Kier molecular flexibility index (Phi) is 11.2. The smallest absolute Gasteiger partial charge is 0.373 e. The lowest BCUT2D eigenvalue weighted by molar-refractivity contribution is -0.191. The van der Waals surface area contributed by atoms with Crippen LogP contribution in [0.25, 0.3) is 22.8 Å². The number of carbonyl (C=O) groups excluding carboxylic acids is 3. The number of aliphatic hydroxyl groups is 2. The van der Waals surface area contributed by atoms with Crippen molar-refractivity contribution in [1.29, 1.82) is 0 Å². The predicted octanol–water partition coefficient (Wildman–Crippen LogP) is 2.78. The van der Waals surface area contributed by atoms with Crippen LogP contribution in [-0.4, -0.2) is 49.4 Å². The lowest BCUT2D eigenvalue weighted by Gasteiger charge is -2.03. The van der Waals surface area contributed by atoms with Gasteiger partial charge in [-0.2, -0.15) is 9.59 Å². The molecule has 4 aromatic rings. The topological polar surface area (TPSA) is 152 Å². The van der Waals surface area contributed by atoms with Gasteiger partial charge in [-0.1, -0.05) is 0 Å². The van der Waals surface area contributed by atoms with Crippen LogP contribution < -0.4 is 0 Å². The monoisotopic (exact) mass is 488 g/mol. The van der Waals surface area contributed by atoms with Crippen molar-refractivity contribution in [3.8, 4) is 22.8 Å². The standard InChI is InChI=1S/C13H12N2O2.C12H12N2O2.CO2/c1-9-3-5-14-11(7-9)12-8-10(4-6-15-12)13(16)17-2;15-7-9-1-3-13-11(5-9)12-6-10(8-16)2-4-14-12;2-1-3/h3-8H,1-2H3;1-6,15-16H,7-8H2;. The maximum atomic E-state index is 11.4. The summed E-state index contributed by atoms with van der Waals surface area (Å²) >= 11 is 0. The first-order chi connectivity index (χ1) is 17.4. The van der Waals surface area contributed by atoms with E-state index in [0.29, 0.717) is 22.6 Å². The molecule has 0 aliphatic rings. The molecule has 36 heavy (non-hydrogen) atoms. The number of aliphatic hydroxyl groups excluding tert-OH is 2. The molecule has 2 N–H and O–H groups in total. The maximum absolute atomic E-state index is 11.4. The van der Waals surface area contributed by atoms with Crippen molar-refractivity contribution in [2.24, 2.45) is 0 Å². The average Bonchev–Trinajstić information content (AvgIpc) is 2.93. The zero-order valence-corrected chi connectivity index (χ0v) is 19.7. The molecular weight excluding hydrogens is 464 g/mol. The van der Waals surface area contributed by atoms with Gasteiger partial charge >= 0.3 is 12.1 Å². The highest BCUT2D eigenvalue weighted by molar-refractivity contribution is 5.90. The van der Waals surface area contributed by atoms with Crippen molar-refractivity contribution in [3.63, 3.8) is 0 Å². The van der Waals surface area contributed by atoms with Crippen LogP contribution in [0.15, 0.2) is 73.3 Å². The summed E-state index contributed by atoms with van der Waals surface area (Å²) in [6.07, 6.45) is 6.81. The summed E-state index contributed by atoms with van der Waals surface area (Å²) in [6, 6.07) is 14.2. The average molecular weight is 489 g/mol. The Morgan fingerprint density at radius 2 is 1.17 bits per heavy atom. The molecule has 0 aliphatic heterocycles. The third kappa shape index (κ3) is 8.30. The molecule has 0 atom stereocenters. The number of rotatable bonds is 5. The van der Waals surface area contributed by atoms with Gasteiger partial charge < -0.3 is 14.9 Å². The van der Waals surface area contributed by atoms with Crippen molar-refractivity contribution < 1.29 is 29.3 Å². The largest absolute Gasteiger partial charge is 0.465 e. The molecule has 0 aromatic carbocycles. The Morgan fingerprint density at radius 1 is 0.750 bits per heavy atom. The number of aryl methyl sites for hydroxylation is 1. The van der Waals surface area contributed by atoms with Gasteiger partial charge in [0.15, 0.2) is 0 Å². The first-order valence-electron chi connectivity index (χ1n) is 10.5. The second kappa shape index (κ2) is 14.6. The van der Waals surface area contributed by atoms with Crippen LogP contribution in [0.4, 0.5) is 0 Å². The van der Waals surface area contributed by atoms with Gasteiger partial charge in [0, 0.05) is 24.8 Å². The molecule has 10 heteroatoms. The SMILES string of the molecule is COC(=O)c1ccnc(-c2cc(C)ccn2)c1.O=C=O.OCc1ccnc(-c2cc(CO)ccn2)c1. The molecule has 184 valence electrons. The highest BCUT2D eigenvalue weighted by Crippen LogP contribution is 2.17. The molecule has 0 amide bonds. The summed E-state index contributed by atoms with van der Waals surface area (Å²) in [5.41, 5.74) is 5.96. The van der Waals surface area contributed by atoms with E-state index < -0.39 is 0 Å². The van der Waals surface area contributed by atoms with Gasteiger partial charge in [0.2, 0.25) is 0 Å². The van der Waals surface area contributed by atoms with Gasteiger partial charge in [0.05, 0.1) is 48.7 Å². The summed E-state index contributed by atoms with van der Waals surface area (Å²) < 4.78 is 4.66. The van der Waals surface area contributed by atoms with Gasteiger partial charge in [-0.15, -0.1) is 0 Å². The molecule has 4 heterocycles. The van der Waals surface area contributed by atoms with E-state index >= 15 is 0 Å². The molecule has 0 fully saturated rings. The number of hydrogen-bond acceptors (Lipinski definition) is 10. The number of methoxy groups -OCH3 is 1. The summed E-state index contributed by atoms with van der Waals surface area (Å²) in [6.45, 7) is 1.94. The molecule has 0 aliphatic carbocycles. The molecule has 0 bridgehead atoms. The molecule has 0 unspecified atom stereocenters. The van der Waals surface area contributed by atoms with E-state index in [1.807, 2.05) is 19.1 Å². The van der Waals surface area contributed by atoms with Crippen LogP contribution in [0.5, 0.6) is 0 Å². The molecule has 0 radical (unpaired) electrons. The number of aromatic nitrogens is 4. The summed E-state index contributed by atoms with van der Waals surface area (Å²) in [5, 5.41) is 18.0.